The molecule has 2 unspecified atom stereocenters. The first-order chi connectivity index (χ1) is 10.3. The van der Waals surface area contributed by atoms with Gasteiger partial charge in [-0.05, 0) is 31.2 Å². The minimum atomic E-state index is -3.66. The molecule has 1 aromatic carbocycles. The van der Waals surface area contributed by atoms with Crippen LogP contribution >= 0.6 is 0 Å². The van der Waals surface area contributed by atoms with Crippen LogP contribution in [0.15, 0.2) is 23.1 Å². The van der Waals surface area contributed by atoms with Gasteiger partial charge in [-0.15, -0.1) is 0 Å². The first kappa shape index (κ1) is 17.2. The van der Waals surface area contributed by atoms with E-state index < -0.39 is 15.6 Å². The number of hydrogen-bond donors (Lipinski definition) is 3. The fourth-order valence-electron chi connectivity index (χ4n) is 2.89. The largest absolute Gasteiger partial charge is 0.497 e. The average molecular weight is 328 g/mol. The van der Waals surface area contributed by atoms with Crippen molar-refractivity contribution < 1.29 is 18.3 Å². The van der Waals surface area contributed by atoms with E-state index >= 15 is 0 Å². The Morgan fingerprint density at radius 1 is 1.50 bits per heavy atom. The Hall–Kier alpha value is -1.15. The van der Waals surface area contributed by atoms with E-state index in [4.69, 9.17) is 4.74 Å². The highest BCUT2D eigenvalue weighted by Gasteiger charge is 2.41. The molecule has 1 aromatic rings. The van der Waals surface area contributed by atoms with Crippen molar-refractivity contribution in [1.82, 2.24) is 10.0 Å². The molecule has 0 spiro atoms. The number of sulfonamides is 1. The summed E-state index contributed by atoms with van der Waals surface area (Å²) in [6.45, 7) is 5.20. The summed E-state index contributed by atoms with van der Waals surface area (Å²) in [5.41, 5.74) is -0.792. The summed E-state index contributed by atoms with van der Waals surface area (Å²) in [6, 6.07) is 4.73. The molecule has 0 aromatic heterocycles. The van der Waals surface area contributed by atoms with Crippen LogP contribution in [-0.4, -0.2) is 40.3 Å². The first-order valence-electron chi connectivity index (χ1n) is 7.46. The fraction of sp³-hybridized carbons (Fsp3) is 0.600. The normalized spacial score (nSPS) is 25.9. The number of methoxy groups -OCH3 is 1. The lowest BCUT2D eigenvalue weighted by atomic mass is 9.77. The van der Waals surface area contributed by atoms with E-state index in [-0.39, 0.29) is 10.8 Å². The smallest absolute Gasteiger partial charge is 0.240 e. The van der Waals surface area contributed by atoms with Crippen molar-refractivity contribution in [2.45, 2.75) is 30.8 Å². The zero-order valence-electron chi connectivity index (χ0n) is 13.2. The number of rotatable bonds is 5. The summed E-state index contributed by atoms with van der Waals surface area (Å²) < 4.78 is 32.6. The van der Waals surface area contributed by atoms with E-state index in [0.717, 1.165) is 0 Å². The molecule has 124 valence electrons. The van der Waals surface area contributed by atoms with Crippen LogP contribution in [0.4, 0.5) is 0 Å². The molecule has 0 aliphatic carbocycles. The monoisotopic (exact) mass is 328 g/mol. The minimum Gasteiger partial charge on any atom is -0.497 e. The predicted octanol–water partition coefficient (Wildman–Crippen LogP) is 0.810. The molecule has 22 heavy (non-hydrogen) atoms. The van der Waals surface area contributed by atoms with Crippen LogP contribution in [0.2, 0.25) is 0 Å². The molecule has 0 bridgehead atoms. The zero-order chi connectivity index (χ0) is 16.4. The lowest BCUT2D eigenvalue weighted by Gasteiger charge is -2.40. The van der Waals surface area contributed by atoms with Crippen molar-refractivity contribution in [3.05, 3.63) is 23.8 Å². The molecule has 1 fully saturated rings. The Labute approximate surface area is 131 Å². The predicted molar refractivity (Wildman–Crippen MR) is 84.4 cm³/mol. The van der Waals surface area contributed by atoms with Crippen molar-refractivity contribution in [2.24, 2.45) is 5.92 Å². The second-order valence-corrected chi connectivity index (χ2v) is 7.38. The van der Waals surface area contributed by atoms with Gasteiger partial charge in [-0.3, -0.25) is 0 Å². The third-order valence-electron chi connectivity index (χ3n) is 4.23. The number of hydrogen-bond acceptors (Lipinski definition) is 5. The van der Waals surface area contributed by atoms with Gasteiger partial charge in [0.1, 0.15) is 5.75 Å². The summed E-state index contributed by atoms with van der Waals surface area (Å²) in [4.78, 5) is 0.117. The Bertz CT molecular complexity index is 632. The highest BCUT2D eigenvalue weighted by molar-refractivity contribution is 7.89. The van der Waals surface area contributed by atoms with Crippen LogP contribution in [0.25, 0.3) is 0 Å². The molecule has 1 aliphatic rings. The fourth-order valence-corrected chi connectivity index (χ4v) is 4.20. The Kier molecular flexibility index (Phi) is 5.11. The van der Waals surface area contributed by atoms with Gasteiger partial charge in [0.15, 0.2) is 0 Å². The minimum absolute atomic E-state index is 0.107. The molecule has 0 amide bonds. The van der Waals surface area contributed by atoms with Crippen molar-refractivity contribution in [2.75, 3.05) is 26.7 Å². The van der Waals surface area contributed by atoms with E-state index in [1.54, 1.807) is 19.1 Å². The maximum absolute atomic E-state index is 12.5. The summed E-state index contributed by atoms with van der Waals surface area (Å²) in [7, 11) is -2.14. The summed E-state index contributed by atoms with van der Waals surface area (Å²) >= 11 is 0. The summed E-state index contributed by atoms with van der Waals surface area (Å²) in [5, 5.41) is 14.4. The van der Waals surface area contributed by atoms with Crippen LogP contribution in [0.5, 0.6) is 5.75 Å². The molecule has 0 saturated carbocycles. The number of benzene rings is 1. The Morgan fingerprint density at radius 3 is 2.82 bits per heavy atom. The lowest BCUT2D eigenvalue weighted by Crippen LogP contribution is -2.47. The van der Waals surface area contributed by atoms with Gasteiger partial charge in [0.05, 0.1) is 17.6 Å². The molecule has 7 heteroatoms. The van der Waals surface area contributed by atoms with Crippen molar-refractivity contribution in [1.29, 1.82) is 0 Å². The molecule has 1 heterocycles. The highest BCUT2D eigenvalue weighted by atomic mass is 32.2. The molecule has 3 N–H and O–H groups in total. The van der Waals surface area contributed by atoms with E-state index in [1.807, 2.05) is 6.92 Å². The van der Waals surface area contributed by atoms with Crippen LogP contribution in [0, 0.1) is 5.92 Å². The third kappa shape index (κ3) is 3.12. The van der Waals surface area contributed by atoms with E-state index in [2.05, 4.69) is 10.0 Å². The van der Waals surface area contributed by atoms with E-state index in [9.17, 15) is 13.5 Å². The van der Waals surface area contributed by atoms with Gasteiger partial charge in [0.2, 0.25) is 10.0 Å². The Morgan fingerprint density at radius 2 is 2.23 bits per heavy atom. The molecular formula is C15H24N2O4S. The van der Waals surface area contributed by atoms with Crippen molar-refractivity contribution >= 4 is 10.0 Å². The van der Waals surface area contributed by atoms with Crippen LogP contribution in [0.1, 0.15) is 25.8 Å². The molecule has 6 nitrogen and oxygen atoms in total. The Balaban J connectivity index is 2.61. The van der Waals surface area contributed by atoms with Crippen molar-refractivity contribution in [3.8, 4) is 5.75 Å². The van der Waals surface area contributed by atoms with Crippen LogP contribution in [0.3, 0.4) is 0 Å². The van der Waals surface area contributed by atoms with Gasteiger partial charge in [0, 0.05) is 24.6 Å². The maximum atomic E-state index is 12.5. The molecule has 2 rings (SSSR count). The standard InChI is InChI=1S/C15H24N2O4S/c1-4-17-22(19,20)14-6-5-12(21-3)9-13(14)15(18)7-8-16-10-11(15)2/h5-6,9,11,16-18H,4,7-8,10H2,1-3H3. The third-order valence-corrected chi connectivity index (χ3v) is 5.83. The quantitative estimate of drug-likeness (QED) is 0.744. The van der Waals surface area contributed by atoms with E-state index in [0.29, 0.717) is 37.4 Å². The van der Waals surface area contributed by atoms with E-state index in [1.165, 1.54) is 13.2 Å². The summed E-state index contributed by atoms with van der Waals surface area (Å²) in [6.07, 6.45) is 0.454. The first-order valence-corrected chi connectivity index (χ1v) is 8.94. The van der Waals surface area contributed by atoms with Crippen LogP contribution in [-0.2, 0) is 15.6 Å². The summed E-state index contributed by atoms with van der Waals surface area (Å²) in [5.74, 6) is 0.425. The van der Waals surface area contributed by atoms with Gasteiger partial charge in [-0.1, -0.05) is 13.8 Å². The van der Waals surface area contributed by atoms with Gasteiger partial charge in [-0.25, -0.2) is 13.1 Å². The molecule has 2 atom stereocenters. The lowest BCUT2D eigenvalue weighted by molar-refractivity contribution is -0.0417. The number of ether oxygens (including phenoxy) is 1. The second-order valence-electron chi connectivity index (χ2n) is 5.64. The van der Waals surface area contributed by atoms with Crippen molar-refractivity contribution in [3.63, 3.8) is 0 Å². The zero-order valence-corrected chi connectivity index (χ0v) is 14.0. The molecular weight excluding hydrogens is 304 g/mol. The van der Waals surface area contributed by atoms with Gasteiger partial charge >= 0.3 is 0 Å². The number of aliphatic hydroxyl groups is 1. The van der Waals surface area contributed by atoms with Gasteiger partial charge in [-0.2, -0.15) is 0 Å². The molecule has 1 aliphatic heterocycles. The highest BCUT2D eigenvalue weighted by Crippen LogP contribution is 2.39. The maximum Gasteiger partial charge on any atom is 0.240 e. The molecule has 1 saturated heterocycles. The molecule has 0 radical (unpaired) electrons. The number of piperidine rings is 1. The van der Waals surface area contributed by atoms with Gasteiger partial charge < -0.3 is 15.2 Å². The van der Waals surface area contributed by atoms with Gasteiger partial charge in [0.25, 0.3) is 0 Å². The number of nitrogens with one attached hydrogen (secondary N) is 2. The average Bonchev–Trinajstić information content (AvgIpc) is 2.49. The van der Waals surface area contributed by atoms with Crippen LogP contribution < -0.4 is 14.8 Å². The topological polar surface area (TPSA) is 87.7 Å². The second kappa shape index (κ2) is 6.54. The SMILES string of the molecule is CCNS(=O)(=O)c1ccc(OC)cc1C1(O)CCNCC1C.